The maximum Gasteiger partial charge on any atom is 0.335 e. The van der Waals surface area contributed by atoms with E-state index in [9.17, 15) is 9.90 Å². The minimum absolute atomic E-state index is 0.180. The molecule has 1 saturated heterocycles. The Morgan fingerprint density at radius 3 is 2.45 bits per heavy atom. The van der Waals surface area contributed by atoms with Crippen molar-refractivity contribution in [2.24, 2.45) is 0 Å². The number of halogens is 3. The monoisotopic (exact) mass is 689 g/mol. The van der Waals surface area contributed by atoms with Gasteiger partial charge < -0.3 is 23.7 Å². The number of aromatic nitrogens is 2. The third-order valence-corrected chi connectivity index (χ3v) is 9.46. The number of benzene rings is 3. The second-order valence-electron chi connectivity index (χ2n) is 11.7. The topological polar surface area (TPSA) is 90.0 Å². The van der Waals surface area contributed by atoms with Crippen molar-refractivity contribution in [2.75, 3.05) is 32.8 Å². The van der Waals surface area contributed by atoms with Gasteiger partial charge in [-0.15, -0.1) is 0 Å². The zero-order chi connectivity index (χ0) is 32.5. The van der Waals surface area contributed by atoms with Crippen molar-refractivity contribution in [3.05, 3.63) is 104 Å². The van der Waals surface area contributed by atoms with Gasteiger partial charge >= 0.3 is 5.97 Å². The van der Waals surface area contributed by atoms with E-state index in [0.717, 1.165) is 74.5 Å². The van der Waals surface area contributed by atoms with Gasteiger partial charge in [0.15, 0.2) is 0 Å². The first kappa shape index (κ1) is 31.6. The van der Waals surface area contributed by atoms with E-state index in [-0.39, 0.29) is 12.2 Å². The molecule has 3 heterocycles. The van der Waals surface area contributed by atoms with Gasteiger partial charge in [-0.2, -0.15) is 0 Å². The van der Waals surface area contributed by atoms with Gasteiger partial charge in [0.25, 0.3) is 0 Å². The van der Waals surface area contributed by atoms with Gasteiger partial charge in [-0.1, -0.05) is 57.9 Å². The number of hydrogen-bond acceptors (Lipinski definition) is 6. The van der Waals surface area contributed by atoms with E-state index in [1.54, 1.807) is 48.5 Å². The number of carboxylic acids is 1. The lowest BCUT2D eigenvalue weighted by Gasteiger charge is -2.26. The predicted molar refractivity (Wildman–Crippen MR) is 182 cm³/mol. The van der Waals surface area contributed by atoms with E-state index in [1.165, 1.54) is 0 Å². The van der Waals surface area contributed by atoms with Gasteiger partial charge in [0.2, 0.25) is 0 Å². The number of nitrogens with zero attached hydrogens (tertiary/aromatic N) is 3. The van der Waals surface area contributed by atoms with Crippen LogP contribution in [-0.2, 0) is 17.9 Å². The molecule has 240 valence electrons. The Labute approximate surface area is 286 Å². The SMILES string of the molecule is O=C(O)c1cc(C#Cc2ccc(OCc3c(-c4c(Cl)cccc4Cl)noc3C3CC3)cc2Cl)c2ccn(CCN3CCOCC3)c2c1. The third kappa shape index (κ3) is 6.87. The molecule has 1 saturated carbocycles. The van der Waals surface area contributed by atoms with Gasteiger partial charge in [0.1, 0.15) is 23.8 Å². The molecule has 11 heteroatoms. The molecule has 0 amide bonds. The summed E-state index contributed by atoms with van der Waals surface area (Å²) in [6, 6.07) is 15.9. The summed E-state index contributed by atoms with van der Waals surface area (Å²) in [5.74, 6) is 6.93. The lowest BCUT2D eigenvalue weighted by atomic mass is 10.0. The van der Waals surface area contributed by atoms with E-state index in [1.807, 2.05) is 12.3 Å². The average molecular weight is 691 g/mol. The number of carboxylic acid groups (broad SMARTS) is 1. The third-order valence-electron chi connectivity index (χ3n) is 8.52. The molecule has 5 aromatic rings. The van der Waals surface area contributed by atoms with Crippen molar-refractivity contribution in [2.45, 2.75) is 31.9 Å². The van der Waals surface area contributed by atoms with Crippen LogP contribution in [0.1, 0.15) is 51.6 Å². The zero-order valence-corrected chi connectivity index (χ0v) is 27.5. The summed E-state index contributed by atoms with van der Waals surface area (Å²) < 4.78 is 19.5. The molecule has 2 aromatic heterocycles. The molecule has 1 aliphatic carbocycles. The maximum atomic E-state index is 12.0. The first-order valence-electron chi connectivity index (χ1n) is 15.4. The van der Waals surface area contributed by atoms with Gasteiger partial charge in [-0.3, -0.25) is 4.90 Å². The van der Waals surface area contributed by atoms with E-state index in [0.29, 0.717) is 49.1 Å². The molecular weight excluding hydrogens is 661 g/mol. The molecular formula is C36H30Cl3N3O5. The van der Waals surface area contributed by atoms with Gasteiger partial charge in [-0.05, 0) is 55.3 Å². The summed E-state index contributed by atoms with van der Waals surface area (Å²) in [5, 5.41) is 16.4. The van der Waals surface area contributed by atoms with Crippen molar-refractivity contribution in [3.8, 4) is 28.8 Å². The Balaban J connectivity index is 1.12. The molecule has 7 rings (SSSR count). The summed E-state index contributed by atoms with van der Waals surface area (Å²) in [6.45, 7) is 5.02. The van der Waals surface area contributed by atoms with Crippen LogP contribution in [0.5, 0.6) is 5.75 Å². The van der Waals surface area contributed by atoms with Crippen LogP contribution in [0.3, 0.4) is 0 Å². The lowest BCUT2D eigenvalue weighted by Crippen LogP contribution is -2.38. The molecule has 1 N–H and O–H groups in total. The molecule has 0 unspecified atom stereocenters. The molecule has 0 spiro atoms. The second-order valence-corrected chi connectivity index (χ2v) is 12.9. The number of morpholine rings is 1. The predicted octanol–water partition coefficient (Wildman–Crippen LogP) is 8.14. The number of carbonyl (C=O) groups is 1. The summed E-state index contributed by atoms with van der Waals surface area (Å²) in [7, 11) is 0. The maximum absolute atomic E-state index is 12.0. The van der Waals surface area contributed by atoms with Crippen molar-refractivity contribution in [1.29, 1.82) is 0 Å². The van der Waals surface area contributed by atoms with Crippen LogP contribution in [-0.4, -0.2) is 58.5 Å². The highest BCUT2D eigenvalue weighted by atomic mass is 35.5. The van der Waals surface area contributed by atoms with E-state index >= 15 is 0 Å². The van der Waals surface area contributed by atoms with Crippen molar-refractivity contribution >= 4 is 51.7 Å². The fourth-order valence-corrected chi connectivity index (χ4v) is 6.61. The van der Waals surface area contributed by atoms with Crippen LogP contribution in [0.25, 0.3) is 22.2 Å². The van der Waals surface area contributed by atoms with E-state index in [2.05, 4.69) is 26.5 Å². The average Bonchev–Trinajstić information content (AvgIpc) is 3.70. The molecule has 3 aromatic carbocycles. The molecule has 2 aliphatic rings. The van der Waals surface area contributed by atoms with E-state index < -0.39 is 5.97 Å². The number of fused-ring (bicyclic) bond motifs is 1. The largest absolute Gasteiger partial charge is 0.489 e. The zero-order valence-electron chi connectivity index (χ0n) is 25.3. The first-order valence-corrected chi connectivity index (χ1v) is 16.5. The van der Waals surface area contributed by atoms with E-state index in [4.69, 9.17) is 48.8 Å². The quantitative estimate of drug-likeness (QED) is 0.156. The highest BCUT2D eigenvalue weighted by Gasteiger charge is 2.33. The summed E-state index contributed by atoms with van der Waals surface area (Å²) in [5.41, 5.74) is 4.21. The summed E-state index contributed by atoms with van der Waals surface area (Å²) in [4.78, 5) is 14.4. The van der Waals surface area contributed by atoms with Crippen LogP contribution < -0.4 is 4.74 Å². The van der Waals surface area contributed by atoms with Crippen LogP contribution in [0.2, 0.25) is 15.1 Å². The molecule has 0 radical (unpaired) electrons. The lowest BCUT2D eigenvalue weighted by molar-refractivity contribution is 0.0365. The fraction of sp³-hybridized carbons (Fsp3) is 0.278. The number of ether oxygens (including phenoxy) is 2. The van der Waals surface area contributed by atoms with Crippen molar-refractivity contribution < 1.29 is 23.9 Å². The molecule has 8 nitrogen and oxygen atoms in total. The molecule has 0 atom stereocenters. The van der Waals surface area contributed by atoms with Crippen LogP contribution in [0.4, 0.5) is 0 Å². The van der Waals surface area contributed by atoms with Gasteiger partial charge in [0, 0.05) is 66.4 Å². The molecule has 2 fully saturated rings. The Kier molecular flexibility index (Phi) is 9.17. The van der Waals surface area contributed by atoms with Crippen LogP contribution in [0.15, 0.2) is 65.3 Å². The van der Waals surface area contributed by atoms with Crippen molar-refractivity contribution in [1.82, 2.24) is 14.6 Å². The summed E-state index contributed by atoms with van der Waals surface area (Å²) in [6.07, 6.45) is 4.03. The van der Waals surface area contributed by atoms with Crippen LogP contribution >= 0.6 is 34.8 Å². The van der Waals surface area contributed by atoms with Crippen molar-refractivity contribution in [3.63, 3.8) is 0 Å². The Bertz CT molecular complexity index is 2010. The molecule has 47 heavy (non-hydrogen) atoms. The fourth-order valence-electron chi connectivity index (χ4n) is 5.82. The highest BCUT2D eigenvalue weighted by molar-refractivity contribution is 6.39. The molecule has 0 bridgehead atoms. The second kappa shape index (κ2) is 13.6. The first-order chi connectivity index (χ1) is 22.9. The smallest absolute Gasteiger partial charge is 0.335 e. The minimum atomic E-state index is -1.01. The molecule has 1 aliphatic heterocycles. The minimum Gasteiger partial charge on any atom is -0.489 e. The summed E-state index contributed by atoms with van der Waals surface area (Å²) >= 11 is 19.7. The Morgan fingerprint density at radius 2 is 1.72 bits per heavy atom. The Morgan fingerprint density at radius 1 is 0.957 bits per heavy atom. The van der Waals surface area contributed by atoms with Crippen LogP contribution in [0, 0.1) is 11.8 Å². The standard InChI is InChI=1S/C36H30Cl3N3O5/c37-29-2-1-3-30(38)33(29)34-28(35(47-40-34)23-5-6-23)21-46-26-9-8-22(31(39)20-26)4-7-24-18-25(36(43)44)19-32-27(24)10-11-42(32)13-12-41-14-16-45-17-15-41/h1-3,8-11,18-20,23H,5-6,12-17,21H2,(H,43,44). The number of rotatable bonds is 9. The normalized spacial score (nSPS) is 15.0. The van der Waals surface area contributed by atoms with Gasteiger partial charge in [-0.25, -0.2) is 4.79 Å². The Hall–Kier alpha value is -3.97. The number of aromatic carboxylic acids is 1. The van der Waals surface area contributed by atoms with Gasteiger partial charge in [0.05, 0.1) is 44.9 Å². The number of hydrogen-bond donors (Lipinski definition) is 1. The highest BCUT2D eigenvalue weighted by Crippen LogP contribution is 2.46.